The number of alkyl halides is 5. The summed E-state index contributed by atoms with van der Waals surface area (Å²) in [6.07, 6.45) is -7.92. The Kier molecular flexibility index (Phi) is 3.69. The second-order valence-corrected chi connectivity index (χ2v) is 3.08. The van der Waals surface area contributed by atoms with Crippen LogP contribution in [0.3, 0.4) is 0 Å². The molecule has 0 heterocycles. The molecule has 0 spiro atoms. The number of hydrogen-bond donors (Lipinski definition) is 0. The number of ether oxygens (including phenoxy) is 1. The molecule has 0 N–H and O–H groups in total. The van der Waals surface area contributed by atoms with E-state index >= 15 is 0 Å². The van der Waals surface area contributed by atoms with Crippen LogP contribution < -0.4 is 4.74 Å². The van der Waals surface area contributed by atoms with Gasteiger partial charge in [-0.2, -0.15) is 13.2 Å². The summed E-state index contributed by atoms with van der Waals surface area (Å²) in [4.78, 5) is 11.0. The van der Waals surface area contributed by atoms with E-state index in [4.69, 9.17) is 0 Å². The zero-order chi connectivity index (χ0) is 13.2. The monoisotopic (exact) mass is 254 g/mol. The Balaban J connectivity index is 3.24. The van der Waals surface area contributed by atoms with Crippen molar-refractivity contribution >= 4 is 5.78 Å². The summed E-state index contributed by atoms with van der Waals surface area (Å²) >= 11 is 0. The normalized spacial score (nSPS) is 11.7. The van der Waals surface area contributed by atoms with Gasteiger partial charge in [0, 0.05) is 0 Å². The summed E-state index contributed by atoms with van der Waals surface area (Å²) in [5.41, 5.74) is -1.64. The number of Topliss-reactive ketones (excluding diaryl/α,β-unsaturated/α-hetero) is 1. The molecule has 0 aliphatic rings. The van der Waals surface area contributed by atoms with Crippen LogP contribution in [0.2, 0.25) is 0 Å². The molecule has 1 aromatic carbocycles. The summed E-state index contributed by atoms with van der Waals surface area (Å²) in [5.74, 6) is -2.10. The van der Waals surface area contributed by atoms with Crippen LogP contribution in [0.15, 0.2) is 18.2 Å². The lowest BCUT2D eigenvalue weighted by molar-refractivity contribution is -0.137. The van der Waals surface area contributed by atoms with Gasteiger partial charge in [-0.25, -0.2) is 8.78 Å². The van der Waals surface area contributed by atoms with Crippen molar-refractivity contribution in [3.05, 3.63) is 29.3 Å². The van der Waals surface area contributed by atoms with Crippen LogP contribution in [0.4, 0.5) is 22.0 Å². The second kappa shape index (κ2) is 4.68. The molecule has 0 saturated carbocycles. The van der Waals surface area contributed by atoms with Crippen molar-refractivity contribution in [2.24, 2.45) is 0 Å². The number of rotatable bonds is 3. The third-order valence-corrected chi connectivity index (χ3v) is 1.99. The van der Waals surface area contributed by atoms with E-state index in [2.05, 4.69) is 4.74 Å². The Morgan fingerprint density at radius 1 is 1.29 bits per heavy atom. The molecular weight excluding hydrogens is 247 g/mol. The van der Waals surface area contributed by atoms with Gasteiger partial charge in [-0.05, 0) is 18.2 Å². The second-order valence-electron chi connectivity index (χ2n) is 3.08. The van der Waals surface area contributed by atoms with Crippen LogP contribution in [0.1, 0.15) is 15.9 Å². The summed E-state index contributed by atoms with van der Waals surface area (Å²) in [6, 6.07) is 1.74. The Morgan fingerprint density at radius 3 is 2.29 bits per heavy atom. The van der Waals surface area contributed by atoms with Gasteiger partial charge >= 0.3 is 12.6 Å². The van der Waals surface area contributed by atoms with Crippen molar-refractivity contribution in [2.75, 3.05) is 7.11 Å². The van der Waals surface area contributed by atoms with Gasteiger partial charge in [0.15, 0.2) is 0 Å². The maximum atomic E-state index is 12.3. The predicted molar refractivity (Wildman–Crippen MR) is 48.3 cm³/mol. The van der Waals surface area contributed by atoms with Crippen molar-refractivity contribution in [1.29, 1.82) is 0 Å². The number of carbonyl (C=O) groups excluding carboxylic acids is 1. The standard InChI is InChI=1S/C10H7F5O2/c1-17-7-4-5(10(13,14)15)2-3-6(7)8(16)9(11)12/h2-4,9H,1H3. The highest BCUT2D eigenvalue weighted by molar-refractivity contribution is 6.00. The molecular formula is C10H7F5O2. The van der Waals surface area contributed by atoms with Gasteiger partial charge in [-0.15, -0.1) is 0 Å². The van der Waals surface area contributed by atoms with Crippen molar-refractivity contribution < 1.29 is 31.5 Å². The summed E-state index contributed by atoms with van der Waals surface area (Å²) in [5, 5.41) is 0. The highest BCUT2D eigenvalue weighted by Gasteiger charge is 2.32. The average Bonchev–Trinajstić information content (AvgIpc) is 2.25. The first-order valence-electron chi connectivity index (χ1n) is 4.35. The first kappa shape index (κ1) is 13.4. The van der Waals surface area contributed by atoms with Crippen molar-refractivity contribution in [3.8, 4) is 5.75 Å². The zero-order valence-corrected chi connectivity index (χ0v) is 8.52. The van der Waals surface area contributed by atoms with Crippen molar-refractivity contribution in [3.63, 3.8) is 0 Å². The Bertz CT molecular complexity index is 425. The van der Waals surface area contributed by atoms with Gasteiger partial charge in [0.2, 0.25) is 5.78 Å². The molecule has 17 heavy (non-hydrogen) atoms. The molecule has 0 aliphatic carbocycles. The number of carbonyl (C=O) groups is 1. The summed E-state index contributed by atoms with van der Waals surface area (Å²) in [7, 11) is 0.998. The molecule has 0 radical (unpaired) electrons. The summed E-state index contributed by atoms with van der Waals surface area (Å²) in [6.45, 7) is 0. The number of ketones is 1. The van der Waals surface area contributed by atoms with Gasteiger partial charge < -0.3 is 4.74 Å². The number of hydrogen-bond acceptors (Lipinski definition) is 2. The van der Waals surface area contributed by atoms with E-state index in [1.54, 1.807) is 0 Å². The molecule has 0 amide bonds. The molecule has 94 valence electrons. The fraction of sp³-hybridized carbons (Fsp3) is 0.300. The van der Waals surface area contributed by atoms with E-state index in [0.29, 0.717) is 18.2 Å². The predicted octanol–water partition coefficient (Wildman–Crippen LogP) is 3.16. The highest BCUT2D eigenvalue weighted by Crippen LogP contribution is 2.33. The van der Waals surface area contributed by atoms with Crippen LogP contribution in [-0.4, -0.2) is 19.3 Å². The minimum Gasteiger partial charge on any atom is -0.496 e. The van der Waals surface area contributed by atoms with E-state index in [0.717, 1.165) is 7.11 Å². The molecule has 1 rings (SSSR count). The van der Waals surface area contributed by atoms with Gasteiger partial charge in [-0.3, -0.25) is 4.79 Å². The maximum Gasteiger partial charge on any atom is 0.416 e. The van der Waals surface area contributed by atoms with Crippen LogP contribution in [0.5, 0.6) is 5.75 Å². The summed E-state index contributed by atoms with van der Waals surface area (Å²) < 4.78 is 65.7. The Hall–Kier alpha value is -1.66. The minimum absolute atomic E-state index is 0.510. The first-order chi connectivity index (χ1) is 7.77. The maximum absolute atomic E-state index is 12.3. The molecule has 0 unspecified atom stereocenters. The van der Waals surface area contributed by atoms with E-state index in [1.165, 1.54) is 0 Å². The lowest BCUT2D eigenvalue weighted by Crippen LogP contribution is -2.13. The van der Waals surface area contributed by atoms with Crippen LogP contribution in [0, 0.1) is 0 Å². The van der Waals surface area contributed by atoms with E-state index in [-0.39, 0.29) is 0 Å². The largest absolute Gasteiger partial charge is 0.496 e. The molecule has 1 aromatic rings. The van der Waals surface area contributed by atoms with Crippen molar-refractivity contribution in [2.45, 2.75) is 12.6 Å². The molecule has 0 aliphatic heterocycles. The molecule has 0 aromatic heterocycles. The number of benzene rings is 1. The highest BCUT2D eigenvalue weighted by atomic mass is 19.4. The fourth-order valence-electron chi connectivity index (χ4n) is 1.19. The molecule has 0 bridgehead atoms. The third kappa shape index (κ3) is 2.92. The van der Waals surface area contributed by atoms with Crippen LogP contribution in [0.25, 0.3) is 0 Å². The minimum atomic E-state index is -4.63. The van der Waals surface area contributed by atoms with Crippen LogP contribution >= 0.6 is 0 Å². The van der Waals surface area contributed by atoms with Gasteiger partial charge in [0.25, 0.3) is 0 Å². The van der Waals surface area contributed by atoms with Crippen molar-refractivity contribution in [1.82, 2.24) is 0 Å². The van der Waals surface area contributed by atoms with Gasteiger partial charge in [-0.1, -0.05) is 0 Å². The lowest BCUT2D eigenvalue weighted by atomic mass is 10.1. The van der Waals surface area contributed by atoms with Crippen LogP contribution in [-0.2, 0) is 6.18 Å². The smallest absolute Gasteiger partial charge is 0.416 e. The average molecular weight is 254 g/mol. The number of halogens is 5. The van der Waals surface area contributed by atoms with Gasteiger partial charge in [0.1, 0.15) is 5.75 Å². The van der Waals surface area contributed by atoms with E-state index < -0.39 is 35.3 Å². The van der Waals surface area contributed by atoms with Gasteiger partial charge in [0.05, 0.1) is 18.2 Å². The van der Waals surface area contributed by atoms with E-state index in [1.807, 2.05) is 0 Å². The SMILES string of the molecule is COc1cc(C(F)(F)F)ccc1C(=O)C(F)F. The lowest BCUT2D eigenvalue weighted by Gasteiger charge is -2.11. The topological polar surface area (TPSA) is 26.3 Å². The molecule has 2 nitrogen and oxygen atoms in total. The molecule has 0 saturated heterocycles. The molecule has 7 heteroatoms. The van der Waals surface area contributed by atoms with E-state index in [9.17, 15) is 26.7 Å². The fourth-order valence-corrected chi connectivity index (χ4v) is 1.19. The third-order valence-electron chi connectivity index (χ3n) is 1.99. The Morgan fingerprint density at radius 2 is 1.88 bits per heavy atom. The zero-order valence-electron chi connectivity index (χ0n) is 8.52. The Labute approximate surface area is 93.0 Å². The first-order valence-corrected chi connectivity index (χ1v) is 4.35. The molecule has 0 atom stereocenters. The quantitative estimate of drug-likeness (QED) is 0.611. The number of methoxy groups -OCH3 is 1. The molecule has 0 fully saturated rings.